The molecule has 23 heavy (non-hydrogen) atoms. The van der Waals surface area contributed by atoms with E-state index >= 15 is 0 Å². The molecular formula is C12H8Cl2FN3O4S. The minimum Gasteiger partial charge on any atom is -0.396 e. The molecule has 0 heterocycles. The van der Waals surface area contributed by atoms with Crippen molar-refractivity contribution >= 4 is 50.3 Å². The zero-order chi connectivity index (χ0) is 17.4. The van der Waals surface area contributed by atoms with E-state index in [0.717, 1.165) is 30.3 Å². The monoisotopic (exact) mass is 379 g/mol. The van der Waals surface area contributed by atoms with Gasteiger partial charge in [-0.3, -0.25) is 14.8 Å². The van der Waals surface area contributed by atoms with E-state index in [-0.39, 0.29) is 26.3 Å². The summed E-state index contributed by atoms with van der Waals surface area (Å²) in [5.41, 5.74) is 4.48. The summed E-state index contributed by atoms with van der Waals surface area (Å²) in [6.45, 7) is 0. The molecule has 0 aliphatic rings. The highest BCUT2D eigenvalue weighted by Gasteiger charge is 2.20. The molecule has 7 nitrogen and oxygen atoms in total. The third-order valence-corrected chi connectivity index (χ3v) is 4.74. The van der Waals surface area contributed by atoms with Crippen molar-refractivity contribution in [2.75, 3.05) is 10.5 Å². The Labute approximate surface area is 140 Å². The van der Waals surface area contributed by atoms with E-state index in [1.807, 2.05) is 0 Å². The summed E-state index contributed by atoms with van der Waals surface area (Å²) < 4.78 is 39.8. The minimum atomic E-state index is -4.15. The molecule has 2 aromatic rings. The lowest BCUT2D eigenvalue weighted by Crippen LogP contribution is -2.13. The van der Waals surface area contributed by atoms with Gasteiger partial charge < -0.3 is 5.73 Å². The number of nitro groups is 1. The van der Waals surface area contributed by atoms with Gasteiger partial charge in [0.1, 0.15) is 0 Å². The Morgan fingerprint density at radius 3 is 2.26 bits per heavy atom. The Balaban J connectivity index is 2.43. The van der Waals surface area contributed by atoms with Crippen LogP contribution in [0, 0.1) is 15.9 Å². The average Bonchev–Trinajstić information content (AvgIpc) is 2.45. The lowest BCUT2D eigenvalue weighted by Gasteiger charge is -2.10. The number of sulfonamides is 1. The van der Waals surface area contributed by atoms with Gasteiger partial charge >= 0.3 is 5.69 Å². The van der Waals surface area contributed by atoms with Crippen LogP contribution in [0.15, 0.2) is 35.2 Å². The van der Waals surface area contributed by atoms with Gasteiger partial charge in [0.2, 0.25) is 5.82 Å². The second-order valence-corrected chi connectivity index (χ2v) is 6.83. The van der Waals surface area contributed by atoms with Crippen molar-refractivity contribution < 1.29 is 17.7 Å². The second-order valence-electron chi connectivity index (χ2n) is 4.33. The summed E-state index contributed by atoms with van der Waals surface area (Å²) in [4.78, 5) is 9.41. The first kappa shape index (κ1) is 17.3. The van der Waals surface area contributed by atoms with E-state index in [4.69, 9.17) is 28.9 Å². The van der Waals surface area contributed by atoms with E-state index in [1.165, 1.54) is 0 Å². The van der Waals surface area contributed by atoms with Gasteiger partial charge in [-0.2, -0.15) is 4.39 Å². The minimum absolute atomic E-state index is 0.0182. The summed E-state index contributed by atoms with van der Waals surface area (Å²) in [7, 11) is -4.15. The predicted octanol–water partition coefficient (Wildman–Crippen LogP) is 3.42. The van der Waals surface area contributed by atoms with E-state index in [2.05, 4.69) is 4.72 Å². The van der Waals surface area contributed by atoms with E-state index in [1.54, 1.807) is 0 Å². The van der Waals surface area contributed by atoms with Crippen LogP contribution in [0.4, 0.5) is 21.5 Å². The molecule has 0 aliphatic heterocycles. The van der Waals surface area contributed by atoms with Crippen molar-refractivity contribution in [3.8, 4) is 0 Å². The van der Waals surface area contributed by atoms with Gasteiger partial charge in [-0.15, -0.1) is 0 Å². The predicted molar refractivity (Wildman–Crippen MR) is 84.7 cm³/mol. The molecule has 0 saturated carbocycles. The number of halogens is 3. The van der Waals surface area contributed by atoms with E-state index in [0.29, 0.717) is 0 Å². The first-order valence-corrected chi connectivity index (χ1v) is 8.07. The van der Waals surface area contributed by atoms with Crippen molar-refractivity contribution in [3.05, 3.63) is 56.3 Å². The highest BCUT2D eigenvalue weighted by Crippen LogP contribution is 2.32. The number of nitrogens with zero attached hydrogens (tertiary/aromatic N) is 1. The van der Waals surface area contributed by atoms with Crippen LogP contribution >= 0.6 is 23.2 Å². The first-order chi connectivity index (χ1) is 10.6. The Hall–Kier alpha value is -2.10. The molecule has 0 saturated heterocycles. The number of benzene rings is 2. The number of nitrogens with one attached hydrogen (secondary N) is 1. The molecule has 0 radical (unpaired) electrons. The topological polar surface area (TPSA) is 115 Å². The van der Waals surface area contributed by atoms with Gasteiger partial charge in [-0.1, -0.05) is 23.2 Å². The third-order valence-electron chi connectivity index (χ3n) is 2.76. The number of nitrogens with two attached hydrogens (primary N) is 1. The van der Waals surface area contributed by atoms with Crippen molar-refractivity contribution in [1.29, 1.82) is 0 Å². The van der Waals surface area contributed by atoms with Gasteiger partial charge in [0.05, 0.1) is 31.2 Å². The molecule has 122 valence electrons. The van der Waals surface area contributed by atoms with Crippen LogP contribution in [0.25, 0.3) is 0 Å². The maximum absolute atomic E-state index is 13.3. The van der Waals surface area contributed by atoms with Crippen LogP contribution in [0.5, 0.6) is 0 Å². The van der Waals surface area contributed by atoms with Crippen LogP contribution in [0.2, 0.25) is 10.0 Å². The smallest absolute Gasteiger partial charge is 0.306 e. The van der Waals surface area contributed by atoms with E-state index in [9.17, 15) is 22.9 Å². The number of nitrogen functional groups attached to an aromatic ring is 1. The highest BCUT2D eigenvalue weighted by molar-refractivity contribution is 7.92. The number of rotatable bonds is 4. The summed E-state index contributed by atoms with van der Waals surface area (Å²) in [5, 5.41) is 10.5. The second kappa shape index (κ2) is 6.19. The van der Waals surface area contributed by atoms with Crippen LogP contribution in [-0.4, -0.2) is 13.3 Å². The maximum Gasteiger partial charge on any atom is 0.306 e. The maximum atomic E-state index is 13.3. The molecule has 0 spiro atoms. The summed E-state index contributed by atoms with van der Waals surface area (Å²) in [5.74, 6) is -1.09. The third kappa shape index (κ3) is 3.63. The van der Waals surface area contributed by atoms with Crippen molar-refractivity contribution in [2.24, 2.45) is 0 Å². The fourth-order valence-electron chi connectivity index (χ4n) is 1.65. The molecule has 3 N–H and O–H groups in total. The molecular weight excluding hydrogens is 372 g/mol. The van der Waals surface area contributed by atoms with Crippen molar-refractivity contribution in [1.82, 2.24) is 0 Å². The SMILES string of the molecule is Nc1c(Cl)cc(S(=O)(=O)Nc2ccc(F)c([N+](=O)[O-])c2)cc1Cl. The first-order valence-electron chi connectivity index (χ1n) is 5.83. The molecule has 0 bridgehead atoms. The Bertz CT molecular complexity index is 882. The fourth-order valence-corrected chi connectivity index (χ4v) is 3.36. The largest absolute Gasteiger partial charge is 0.396 e. The van der Waals surface area contributed by atoms with Gasteiger partial charge in [0.15, 0.2) is 0 Å². The van der Waals surface area contributed by atoms with Gasteiger partial charge in [-0.05, 0) is 24.3 Å². The molecule has 0 unspecified atom stereocenters. The lowest BCUT2D eigenvalue weighted by atomic mass is 10.3. The zero-order valence-corrected chi connectivity index (χ0v) is 13.4. The molecule has 2 rings (SSSR count). The summed E-state index contributed by atoms with van der Waals surface area (Å²) in [6, 6.07) is 4.72. The molecule has 0 atom stereocenters. The van der Waals surface area contributed by atoms with Gasteiger partial charge in [-0.25, -0.2) is 8.42 Å². The number of hydrogen-bond donors (Lipinski definition) is 2. The summed E-state index contributed by atoms with van der Waals surface area (Å²) >= 11 is 11.6. The van der Waals surface area contributed by atoms with E-state index < -0.39 is 26.5 Å². The Morgan fingerprint density at radius 2 is 1.74 bits per heavy atom. The van der Waals surface area contributed by atoms with Crippen LogP contribution < -0.4 is 10.5 Å². The molecule has 11 heteroatoms. The lowest BCUT2D eigenvalue weighted by molar-refractivity contribution is -0.387. The average molecular weight is 380 g/mol. The molecule has 0 fully saturated rings. The Kier molecular flexibility index (Phi) is 4.64. The number of nitro benzene ring substituents is 1. The van der Waals surface area contributed by atoms with Crippen molar-refractivity contribution in [3.63, 3.8) is 0 Å². The van der Waals surface area contributed by atoms with Crippen LogP contribution in [0.3, 0.4) is 0 Å². The molecule has 0 aliphatic carbocycles. The van der Waals surface area contributed by atoms with Gasteiger partial charge in [0.25, 0.3) is 10.0 Å². The number of hydrogen-bond acceptors (Lipinski definition) is 5. The molecule has 0 amide bonds. The normalized spacial score (nSPS) is 11.3. The van der Waals surface area contributed by atoms with Crippen molar-refractivity contribution in [2.45, 2.75) is 4.90 Å². The van der Waals surface area contributed by atoms with Crippen LogP contribution in [-0.2, 0) is 10.0 Å². The highest BCUT2D eigenvalue weighted by atomic mass is 35.5. The molecule has 2 aromatic carbocycles. The zero-order valence-electron chi connectivity index (χ0n) is 11.1. The van der Waals surface area contributed by atoms with Crippen LogP contribution in [0.1, 0.15) is 0 Å². The number of anilines is 2. The fraction of sp³-hybridized carbons (Fsp3) is 0. The quantitative estimate of drug-likeness (QED) is 0.479. The van der Waals surface area contributed by atoms with Gasteiger partial charge in [0, 0.05) is 6.07 Å². The standard InChI is InChI=1S/C12H8Cl2FN3O4S/c13-8-4-7(5-9(14)12(8)16)23(21,22)17-6-1-2-10(15)11(3-6)18(19)20/h1-5,17H,16H2. The molecule has 0 aromatic heterocycles. The Morgan fingerprint density at radius 1 is 1.17 bits per heavy atom. The summed E-state index contributed by atoms with van der Waals surface area (Å²) in [6.07, 6.45) is 0.